The molecule has 186 valence electrons. The van der Waals surface area contributed by atoms with Crippen molar-refractivity contribution in [1.29, 1.82) is 0 Å². The van der Waals surface area contributed by atoms with E-state index < -0.39 is 16.1 Å². The smallest absolute Gasteiger partial charge is 0.271 e. The molecule has 2 aromatic rings. The van der Waals surface area contributed by atoms with Gasteiger partial charge < -0.3 is 10.1 Å². The SMILES string of the molecule is CCOc1ccccc1N=C1S[C@@H](CC(=O)Nc2cc([N+](=O)[O-])ccc2Cl)C(=O)N1[C@H](C)C(C)C. The largest absolute Gasteiger partial charge is 0.492 e. The van der Waals surface area contributed by atoms with Gasteiger partial charge in [0.2, 0.25) is 11.8 Å². The number of aliphatic imine (C=N–C) groups is 1. The van der Waals surface area contributed by atoms with Crippen molar-refractivity contribution < 1.29 is 19.2 Å². The Hall–Kier alpha value is -3.11. The lowest BCUT2D eigenvalue weighted by atomic mass is 10.0. The maximum absolute atomic E-state index is 13.4. The second-order valence-corrected chi connectivity index (χ2v) is 9.85. The highest BCUT2D eigenvalue weighted by Crippen LogP contribution is 2.37. The number of para-hydroxylation sites is 2. The summed E-state index contributed by atoms with van der Waals surface area (Å²) in [4.78, 5) is 43.0. The van der Waals surface area contributed by atoms with Crippen molar-refractivity contribution in [2.75, 3.05) is 11.9 Å². The third-order valence-corrected chi connectivity index (χ3v) is 7.01. The molecule has 0 radical (unpaired) electrons. The van der Waals surface area contributed by atoms with Crippen molar-refractivity contribution >= 4 is 57.4 Å². The second-order valence-electron chi connectivity index (χ2n) is 8.27. The van der Waals surface area contributed by atoms with Gasteiger partial charge in [-0.15, -0.1) is 0 Å². The van der Waals surface area contributed by atoms with Gasteiger partial charge in [-0.1, -0.05) is 49.3 Å². The summed E-state index contributed by atoms with van der Waals surface area (Å²) in [6.07, 6.45) is -0.143. The fourth-order valence-corrected chi connectivity index (χ4v) is 4.78. The summed E-state index contributed by atoms with van der Waals surface area (Å²) in [5.41, 5.74) is 0.516. The van der Waals surface area contributed by atoms with E-state index in [0.29, 0.717) is 23.2 Å². The normalized spacial score (nSPS) is 17.7. The first kappa shape index (κ1) is 26.5. The number of non-ortho nitro benzene ring substituents is 1. The lowest BCUT2D eigenvalue weighted by Gasteiger charge is -2.27. The lowest BCUT2D eigenvalue weighted by molar-refractivity contribution is -0.384. The molecule has 0 saturated carbocycles. The van der Waals surface area contributed by atoms with E-state index in [1.165, 1.54) is 30.0 Å². The van der Waals surface area contributed by atoms with Crippen molar-refractivity contribution in [3.8, 4) is 5.75 Å². The number of rotatable bonds is 9. The van der Waals surface area contributed by atoms with Gasteiger partial charge in [-0.3, -0.25) is 24.6 Å². The zero-order chi connectivity index (χ0) is 25.7. The average Bonchev–Trinajstić information content (AvgIpc) is 3.10. The van der Waals surface area contributed by atoms with Crippen LogP contribution in [0, 0.1) is 16.0 Å². The van der Waals surface area contributed by atoms with E-state index >= 15 is 0 Å². The van der Waals surface area contributed by atoms with Gasteiger partial charge in [-0.05, 0) is 38.0 Å². The Morgan fingerprint density at radius 1 is 1.29 bits per heavy atom. The standard InChI is InChI=1S/C24H27ClN4O5S/c1-5-34-20-9-7-6-8-18(20)27-24-28(15(4)14(2)3)23(31)21(35-24)13-22(30)26-19-12-16(29(32)33)10-11-17(19)25/h6-12,14-15,21H,5,13H2,1-4H3,(H,26,30)/t15-,21+/m1/s1. The van der Waals surface area contributed by atoms with Gasteiger partial charge in [0, 0.05) is 24.6 Å². The third-order valence-electron chi connectivity index (χ3n) is 5.53. The van der Waals surface area contributed by atoms with Crippen molar-refractivity contribution in [2.24, 2.45) is 10.9 Å². The number of benzene rings is 2. The molecule has 3 rings (SSSR count). The van der Waals surface area contributed by atoms with Gasteiger partial charge in [0.15, 0.2) is 5.17 Å². The average molecular weight is 519 g/mol. The van der Waals surface area contributed by atoms with E-state index in [1.807, 2.05) is 52.0 Å². The maximum atomic E-state index is 13.4. The molecule has 0 aliphatic carbocycles. The molecule has 9 nitrogen and oxygen atoms in total. The Labute approximate surface area is 213 Å². The minimum absolute atomic E-state index is 0.119. The van der Waals surface area contributed by atoms with Crippen LogP contribution in [0.2, 0.25) is 5.02 Å². The first-order valence-electron chi connectivity index (χ1n) is 11.2. The van der Waals surface area contributed by atoms with E-state index in [4.69, 9.17) is 21.3 Å². The Balaban J connectivity index is 1.85. The van der Waals surface area contributed by atoms with Gasteiger partial charge in [-0.25, -0.2) is 4.99 Å². The predicted octanol–water partition coefficient (Wildman–Crippen LogP) is 5.65. The van der Waals surface area contributed by atoms with E-state index in [2.05, 4.69) is 5.32 Å². The number of halogens is 1. The number of thioether (sulfide) groups is 1. The molecule has 1 heterocycles. The maximum Gasteiger partial charge on any atom is 0.271 e. The molecule has 0 aromatic heterocycles. The molecule has 2 aromatic carbocycles. The van der Waals surface area contributed by atoms with Crippen molar-refractivity contribution in [1.82, 2.24) is 4.90 Å². The Bertz CT molecular complexity index is 1160. The molecule has 1 aliphatic rings. The summed E-state index contributed by atoms with van der Waals surface area (Å²) in [5, 5.41) is 13.6. The van der Waals surface area contributed by atoms with Gasteiger partial charge >= 0.3 is 0 Å². The lowest BCUT2D eigenvalue weighted by Crippen LogP contribution is -2.42. The fourth-order valence-electron chi connectivity index (χ4n) is 3.39. The number of nitrogens with zero attached hydrogens (tertiary/aromatic N) is 3. The summed E-state index contributed by atoms with van der Waals surface area (Å²) in [5.74, 6) is 0.0628. The van der Waals surface area contributed by atoms with Crippen molar-refractivity contribution in [3.05, 3.63) is 57.6 Å². The Kier molecular flexibility index (Phi) is 8.74. The van der Waals surface area contributed by atoms with Crippen LogP contribution < -0.4 is 10.1 Å². The molecular formula is C24H27ClN4O5S. The van der Waals surface area contributed by atoms with E-state index in [0.717, 1.165) is 0 Å². The number of amides is 2. The number of carbonyl (C=O) groups is 2. The van der Waals surface area contributed by atoms with Crippen LogP contribution in [0.15, 0.2) is 47.5 Å². The molecule has 0 bridgehead atoms. The summed E-state index contributed by atoms with van der Waals surface area (Å²) < 4.78 is 5.67. The highest BCUT2D eigenvalue weighted by atomic mass is 35.5. The number of hydrogen-bond donors (Lipinski definition) is 1. The van der Waals surface area contributed by atoms with Crippen LogP contribution in [0.4, 0.5) is 17.1 Å². The quantitative estimate of drug-likeness (QED) is 0.339. The van der Waals surface area contributed by atoms with Crippen LogP contribution >= 0.6 is 23.4 Å². The number of ether oxygens (including phenoxy) is 1. The number of nitro benzene ring substituents is 1. The van der Waals surface area contributed by atoms with Gasteiger partial charge in [0.05, 0.1) is 22.2 Å². The number of amidine groups is 1. The minimum atomic E-state index is -0.702. The van der Waals surface area contributed by atoms with Crippen molar-refractivity contribution in [2.45, 2.75) is 45.4 Å². The molecule has 11 heteroatoms. The molecule has 0 spiro atoms. The summed E-state index contributed by atoms with van der Waals surface area (Å²) >= 11 is 7.31. The molecule has 1 saturated heterocycles. The number of hydrogen-bond acceptors (Lipinski definition) is 7. The van der Waals surface area contributed by atoms with E-state index in [-0.39, 0.29) is 40.7 Å². The fraction of sp³-hybridized carbons (Fsp3) is 0.375. The minimum Gasteiger partial charge on any atom is -0.492 e. The molecular weight excluding hydrogens is 492 g/mol. The molecule has 2 atom stereocenters. The summed E-state index contributed by atoms with van der Waals surface area (Å²) in [6.45, 7) is 8.33. The summed E-state index contributed by atoms with van der Waals surface area (Å²) in [6, 6.07) is 11.0. The van der Waals surface area contributed by atoms with Crippen LogP contribution in [-0.2, 0) is 9.59 Å². The highest BCUT2D eigenvalue weighted by Gasteiger charge is 2.42. The molecule has 35 heavy (non-hydrogen) atoms. The third kappa shape index (κ3) is 6.32. The topological polar surface area (TPSA) is 114 Å². The first-order valence-corrected chi connectivity index (χ1v) is 12.4. The Morgan fingerprint density at radius 3 is 2.66 bits per heavy atom. The second kappa shape index (κ2) is 11.5. The van der Waals surface area contributed by atoms with Crippen LogP contribution in [0.25, 0.3) is 0 Å². The molecule has 2 amide bonds. The highest BCUT2D eigenvalue weighted by molar-refractivity contribution is 8.15. The molecule has 1 fully saturated rings. The van der Waals surface area contributed by atoms with Gasteiger partial charge in [-0.2, -0.15) is 0 Å². The first-order chi connectivity index (χ1) is 16.6. The number of anilines is 1. The zero-order valence-corrected chi connectivity index (χ0v) is 21.4. The van der Waals surface area contributed by atoms with E-state index in [1.54, 1.807) is 4.90 Å². The number of carbonyl (C=O) groups excluding carboxylic acids is 2. The van der Waals surface area contributed by atoms with Crippen LogP contribution in [-0.4, -0.2) is 44.7 Å². The zero-order valence-electron chi connectivity index (χ0n) is 19.9. The van der Waals surface area contributed by atoms with Gasteiger partial charge in [0.1, 0.15) is 16.7 Å². The van der Waals surface area contributed by atoms with Crippen LogP contribution in [0.5, 0.6) is 5.75 Å². The molecule has 1 aliphatic heterocycles. The molecule has 0 unspecified atom stereocenters. The summed E-state index contributed by atoms with van der Waals surface area (Å²) in [7, 11) is 0. The predicted molar refractivity (Wildman–Crippen MR) is 139 cm³/mol. The van der Waals surface area contributed by atoms with Crippen molar-refractivity contribution in [3.63, 3.8) is 0 Å². The molecule has 1 N–H and O–H groups in total. The van der Waals surface area contributed by atoms with Crippen LogP contribution in [0.1, 0.15) is 34.1 Å². The Morgan fingerprint density at radius 2 is 2.00 bits per heavy atom. The monoisotopic (exact) mass is 518 g/mol. The van der Waals surface area contributed by atoms with Gasteiger partial charge in [0.25, 0.3) is 5.69 Å². The number of nitrogens with one attached hydrogen (secondary N) is 1. The number of nitro groups is 1. The van der Waals surface area contributed by atoms with E-state index in [9.17, 15) is 19.7 Å². The van der Waals surface area contributed by atoms with Crippen LogP contribution in [0.3, 0.4) is 0 Å².